The van der Waals surface area contributed by atoms with Gasteiger partial charge in [0.05, 0.1) is 0 Å². The number of hydrogen-bond donors (Lipinski definition) is 2. The first kappa shape index (κ1) is 11.7. The quantitative estimate of drug-likeness (QED) is 0.643. The number of benzene rings is 1. The number of nitrogen functional groups attached to an aromatic ring is 1. The molecule has 0 atom stereocenters. The molecule has 0 fully saturated rings. The predicted octanol–water partition coefficient (Wildman–Crippen LogP) is 3.15. The molecule has 0 aliphatic heterocycles. The van der Waals surface area contributed by atoms with Gasteiger partial charge in [-0.2, -0.15) is 0 Å². The number of ketones is 1. The highest BCUT2D eigenvalue weighted by Gasteiger charge is 2.05. The first-order valence-electron chi connectivity index (χ1n) is 5.33. The van der Waals surface area contributed by atoms with Gasteiger partial charge in [-0.15, -0.1) is 11.3 Å². The van der Waals surface area contributed by atoms with Gasteiger partial charge in [-0.05, 0) is 36.6 Å². The fraction of sp³-hybridized carbons (Fsp3) is 0.154. The van der Waals surface area contributed by atoms with Crippen molar-refractivity contribution in [1.29, 1.82) is 0 Å². The van der Waals surface area contributed by atoms with Gasteiger partial charge in [0.1, 0.15) is 0 Å². The van der Waals surface area contributed by atoms with E-state index < -0.39 is 0 Å². The van der Waals surface area contributed by atoms with Crippen LogP contribution in [0, 0.1) is 0 Å². The summed E-state index contributed by atoms with van der Waals surface area (Å²) >= 11 is 1.71. The largest absolute Gasteiger partial charge is 0.398 e. The van der Waals surface area contributed by atoms with Gasteiger partial charge in [0.15, 0.2) is 5.78 Å². The van der Waals surface area contributed by atoms with E-state index in [0.29, 0.717) is 11.3 Å². The number of carbonyl (C=O) groups is 1. The molecule has 4 heteroatoms. The van der Waals surface area contributed by atoms with Crippen molar-refractivity contribution in [3.05, 3.63) is 46.2 Å². The zero-order valence-corrected chi connectivity index (χ0v) is 10.4. The van der Waals surface area contributed by atoms with Crippen LogP contribution in [0.2, 0.25) is 0 Å². The first-order valence-corrected chi connectivity index (χ1v) is 6.21. The van der Waals surface area contributed by atoms with Gasteiger partial charge >= 0.3 is 0 Å². The molecule has 0 amide bonds. The topological polar surface area (TPSA) is 55.1 Å². The number of thiophene rings is 1. The van der Waals surface area contributed by atoms with Gasteiger partial charge in [0.25, 0.3) is 0 Å². The Morgan fingerprint density at radius 1 is 1.41 bits per heavy atom. The Morgan fingerprint density at radius 2 is 2.24 bits per heavy atom. The van der Waals surface area contributed by atoms with Gasteiger partial charge in [-0.25, -0.2) is 0 Å². The lowest BCUT2D eigenvalue weighted by Crippen LogP contribution is -2.02. The molecule has 0 aliphatic rings. The Morgan fingerprint density at radius 3 is 2.82 bits per heavy atom. The number of Topliss-reactive ketones (excluding diaryl/α,β-unsaturated/α-hetero) is 1. The van der Waals surface area contributed by atoms with Crippen LogP contribution in [-0.2, 0) is 6.54 Å². The third-order valence-electron chi connectivity index (χ3n) is 2.48. The van der Waals surface area contributed by atoms with Crippen LogP contribution >= 0.6 is 11.3 Å². The summed E-state index contributed by atoms with van der Waals surface area (Å²) < 4.78 is 0. The highest BCUT2D eigenvalue weighted by atomic mass is 32.1. The summed E-state index contributed by atoms with van der Waals surface area (Å²) in [5.41, 5.74) is 7.84. The van der Waals surface area contributed by atoms with Gasteiger partial charge in [-0.1, -0.05) is 6.07 Å². The Balaban J connectivity index is 2.07. The zero-order valence-electron chi connectivity index (χ0n) is 9.57. The molecule has 0 spiro atoms. The molecule has 3 N–H and O–H groups in total. The lowest BCUT2D eigenvalue weighted by Gasteiger charge is -2.08. The van der Waals surface area contributed by atoms with Crippen LogP contribution < -0.4 is 11.1 Å². The van der Waals surface area contributed by atoms with Crippen molar-refractivity contribution in [3.63, 3.8) is 0 Å². The smallest absolute Gasteiger partial charge is 0.161 e. The van der Waals surface area contributed by atoms with Crippen LogP contribution in [0.3, 0.4) is 0 Å². The normalized spacial score (nSPS) is 10.2. The average molecular weight is 246 g/mol. The second-order valence-corrected chi connectivity index (χ2v) is 4.82. The molecule has 2 rings (SSSR count). The number of carbonyl (C=O) groups excluding carboxylic acids is 1. The summed E-state index contributed by atoms with van der Waals surface area (Å²) in [5, 5.41) is 5.32. The van der Waals surface area contributed by atoms with Gasteiger partial charge in [0.2, 0.25) is 0 Å². The SMILES string of the molecule is CC(=O)c1ccc(NCc2cccs2)cc1N. The van der Waals surface area contributed by atoms with Crippen LogP contribution in [0.25, 0.3) is 0 Å². The third kappa shape index (κ3) is 2.85. The molecule has 2 aromatic rings. The third-order valence-corrected chi connectivity index (χ3v) is 3.35. The molecule has 1 aromatic carbocycles. The van der Waals surface area contributed by atoms with Crippen molar-refractivity contribution in [2.45, 2.75) is 13.5 Å². The number of rotatable bonds is 4. The molecular weight excluding hydrogens is 232 g/mol. The number of anilines is 2. The molecule has 1 aromatic heterocycles. The first-order chi connectivity index (χ1) is 8.16. The van der Waals surface area contributed by atoms with E-state index in [1.807, 2.05) is 17.5 Å². The van der Waals surface area contributed by atoms with E-state index in [9.17, 15) is 4.79 Å². The second-order valence-electron chi connectivity index (χ2n) is 3.79. The minimum absolute atomic E-state index is 0.00712. The van der Waals surface area contributed by atoms with Crippen LogP contribution in [-0.4, -0.2) is 5.78 Å². The van der Waals surface area contributed by atoms with Crippen molar-refractivity contribution in [2.75, 3.05) is 11.1 Å². The van der Waals surface area contributed by atoms with Gasteiger partial charge in [-0.3, -0.25) is 4.79 Å². The molecule has 88 valence electrons. The molecule has 0 bridgehead atoms. The van der Waals surface area contributed by atoms with E-state index >= 15 is 0 Å². The van der Waals surface area contributed by atoms with Crippen molar-refractivity contribution in [2.24, 2.45) is 0 Å². The molecular formula is C13H14N2OS. The zero-order chi connectivity index (χ0) is 12.3. The second kappa shape index (κ2) is 5.01. The minimum Gasteiger partial charge on any atom is -0.398 e. The summed E-state index contributed by atoms with van der Waals surface area (Å²) in [6, 6.07) is 9.53. The van der Waals surface area contributed by atoms with Crippen molar-refractivity contribution in [1.82, 2.24) is 0 Å². The average Bonchev–Trinajstić information content (AvgIpc) is 2.78. The van der Waals surface area contributed by atoms with Crippen molar-refractivity contribution < 1.29 is 4.79 Å². The maximum atomic E-state index is 11.2. The summed E-state index contributed by atoms with van der Waals surface area (Å²) in [7, 11) is 0. The van der Waals surface area contributed by atoms with Crippen LogP contribution in [0.1, 0.15) is 22.2 Å². The van der Waals surface area contributed by atoms with E-state index in [2.05, 4.69) is 11.4 Å². The number of nitrogens with one attached hydrogen (secondary N) is 1. The molecule has 3 nitrogen and oxygen atoms in total. The minimum atomic E-state index is -0.00712. The molecule has 0 aliphatic carbocycles. The summed E-state index contributed by atoms with van der Waals surface area (Å²) in [6.07, 6.45) is 0. The molecule has 0 saturated heterocycles. The molecule has 0 radical (unpaired) electrons. The van der Waals surface area contributed by atoms with Crippen LogP contribution in [0.4, 0.5) is 11.4 Å². The maximum absolute atomic E-state index is 11.2. The fourth-order valence-corrected chi connectivity index (χ4v) is 2.24. The Kier molecular flexibility index (Phi) is 3.44. The van der Waals surface area contributed by atoms with Crippen LogP contribution in [0.5, 0.6) is 0 Å². The lowest BCUT2D eigenvalue weighted by molar-refractivity contribution is 0.101. The Labute approximate surface area is 104 Å². The highest BCUT2D eigenvalue weighted by molar-refractivity contribution is 7.09. The maximum Gasteiger partial charge on any atom is 0.161 e. The summed E-state index contributed by atoms with van der Waals surface area (Å²) in [4.78, 5) is 12.5. The monoisotopic (exact) mass is 246 g/mol. The predicted molar refractivity (Wildman–Crippen MR) is 72.5 cm³/mol. The Bertz CT molecular complexity index is 520. The number of nitrogens with two attached hydrogens (primary N) is 1. The van der Waals surface area contributed by atoms with Gasteiger partial charge < -0.3 is 11.1 Å². The lowest BCUT2D eigenvalue weighted by atomic mass is 10.1. The molecule has 17 heavy (non-hydrogen) atoms. The van der Waals surface area contributed by atoms with E-state index in [1.165, 1.54) is 11.8 Å². The molecule has 0 saturated carbocycles. The van der Waals surface area contributed by atoms with E-state index in [1.54, 1.807) is 23.5 Å². The van der Waals surface area contributed by atoms with Crippen molar-refractivity contribution >= 4 is 28.5 Å². The van der Waals surface area contributed by atoms with E-state index in [-0.39, 0.29) is 5.78 Å². The summed E-state index contributed by atoms with van der Waals surface area (Å²) in [5.74, 6) is -0.00712. The molecule has 0 unspecified atom stereocenters. The van der Waals surface area contributed by atoms with Crippen LogP contribution in [0.15, 0.2) is 35.7 Å². The highest BCUT2D eigenvalue weighted by Crippen LogP contribution is 2.19. The number of hydrogen-bond acceptors (Lipinski definition) is 4. The van der Waals surface area contributed by atoms with E-state index in [4.69, 9.17) is 5.73 Å². The summed E-state index contributed by atoms with van der Waals surface area (Å²) in [6.45, 7) is 2.29. The van der Waals surface area contributed by atoms with Gasteiger partial charge in [0, 0.05) is 28.4 Å². The molecule has 1 heterocycles. The van der Waals surface area contributed by atoms with E-state index in [0.717, 1.165) is 12.2 Å². The van der Waals surface area contributed by atoms with Crippen molar-refractivity contribution in [3.8, 4) is 0 Å². The Hall–Kier alpha value is -1.81. The fourth-order valence-electron chi connectivity index (χ4n) is 1.60. The standard InChI is InChI=1S/C13H14N2OS/c1-9(16)12-5-4-10(7-13(12)14)15-8-11-3-2-6-17-11/h2-7,15H,8,14H2,1H3.